The first-order chi connectivity index (χ1) is 12.0. The van der Waals surface area contributed by atoms with Crippen LogP contribution in [0.4, 0.5) is 0 Å². The van der Waals surface area contributed by atoms with Crippen LogP contribution in [0.15, 0.2) is 24.3 Å². The Hall–Kier alpha value is -1.19. The highest BCUT2D eigenvalue weighted by Gasteiger charge is 2.46. The number of nitrogens with zero attached hydrogens (tertiary/aromatic N) is 1. The van der Waals surface area contributed by atoms with E-state index in [2.05, 4.69) is 22.6 Å². The van der Waals surface area contributed by atoms with E-state index in [1.807, 2.05) is 39.8 Å². The van der Waals surface area contributed by atoms with Gasteiger partial charge in [-0.3, -0.25) is 9.59 Å². The number of para-hydroxylation sites is 1. The molecule has 1 saturated heterocycles. The van der Waals surface area contributed by atoms with E-state index in [0.29, 0.717) is 18.6 Å². The highest BCUT2D eigenvalue weighted by atomic mass is 127. The van der Waals surface area contributed by atoms with E-state index in [0.717, 1.165) is 3.57 Å². The molecule has 7 heteroatoms. The SMILES string of the molecule is CC1(C)CC(OC(=O)CCC(=O)Oc2ccccc2I)CC(C)(C)N1O. The van der Waals surface area contributed by atoms with Crippen molar-refractivity contribution in [3.05, 3.63) is 27.8 Å². The van der Waals surface area contributed by atoms with Crippen LogP contribution >= 0.6 is 22.6 Å². The first-order valence-corrected chi connectivity index (χ1v) is 9.73. The average molecular weight is 475 g/mol. The molecule has 1 N–H and O–H groups in total. The number of benzene rings is 1. The van der Waals surface area contributed by atoms with Gasteiger partial charge in [0.25, 0.3) is 0 Å². The Kier molecular flexibility index (Phi) is 6.68. The summed E-state index contributed by atoms with van der Waals surface area (Å²) >= 11 is 2.09. The number of hydrogen-bond donors (Lipinski definition) is 1. The van der Waals surface area contributed by atoms with Gasteiger partial charge in [-0.2, -0.15) is 5.06 Å². The highest BCUT2D eigenvalue weighted by molar-refractivity contribution is 14.1. The molecule has 1 aliphatic heterocycles. The van der Waals surface area contributed by atoms with E-state index in [-0.39, 0.29) is 18.9 Å². The maximum atomic E-state index is 12.1. The van der Waals surface area contributed by atoms with Gasteiger partial charge in [-0.1, -0.05) is 12.1 Å². The first kappa shape index (κ1) is 21.1. The van der Waals surface area contributed by atoms with Crippen molar-refractivity contribution >= 4 is 34.5 Å². The van der Waals surface area contributed by atoms with Gasteiger partial charge in [0.05, 0.1) is 16.4 Å². The van der Waals surface area contributed by atoms with Gasteiger partial charge in [0, 0.05) is 23.9 Å². The standard InChI is InChI=1S/C19H26INO5/c1-18(2)11-13(12-19(3,4)21(18)24)25-16(22)9-10-17(23)26-15-8-6-5-7-14(15)20/h5-8,13,24H,9-12H2,1-4H3. The van der Waals surface area contributed by atoms with Crippen molar-refractivity contribution in [2.45, 2.75) is 70.6 Å². The number of carbonyl (C=O) groups excluding carboxylic acids is 2. The molecule has 1 aliphatic rings. The van der Waals surface area contributed by atoms with Gasteiger partial charge in [-0.25, -0.2) is 0 Å². The summed E-state index contributed by atoms with van der Waals surface area (Å²) in [5, 5.41) is 11.6. The van der Waals surface area contributed by atoms with Crippen molar-refractivity contribution in [3.63, 3.8) is 0 Å². The van der Waals surface area contributed by atoms with Crippen LogP contribution in [0.3, 0.4) is 0 Å². The molecular weight excluding hydrogens is 449 g/mol. The van der Waals surface area contributed by atoms with Crippen molar-refractivity contribution in [3.8, 4) is 5.75 Å². The lowest BCUT2D eigenvalue weighted by Gasteiger charge is -2.50. The fraction of sp³-hybridized carbons (Fsp3) is 0.579. The van der Waals surface area contributed by atoms with Crippen molar-refractivity contribution in [2.75, 3.05) is 0 Å². The van der Waals surface area contributed by atoms with Crippen molar-refractivity contribution in [1.82, 2.24) is 5.06 Å². The molecule has 6 nitrogen and oxygen atoms in total. The lowest BCUT2D eigenvalue weighted by molar-refractivity contribution is -0.259. The molecular formula is C19H26INO5. The zero-order valence-electron chi connectivity index (χ0n) is 15.6. The molecule has 144 valence electrons. The number of ether oxygens (including phenoxy) is 2. The third-order valence-electron chi connectivity index (χ3n) is 4.49. The van der Waals surface area contributed by atoms with Gasteiger partial charge in [0.2, 0.25) is 0 Å². The summed E-state index contributed by atoms with van der Waals surface area (Å²) in [6.45, 7) is 7.64. The Labute approximate surface area is 167 Å². The summed E-state index contributed by atoms with van der Waals surface area (Å²) in [7, 11) is 0. The molecule has 1 fully saturated rings. The van der Waals surface area contributed by atoms with Crippen LogP contribution in [-0.2, 0) is 14.3 Å². The lowest BCUT2D eigenvalue weighted by atomic mass is 9.80. The Morgan fingerprint density at radius 3 is 2.23 bits per heavy atom. The average Bonchev–Trinajstić information content (AvgIpc) is 2.52. The second-order valence-corrected chi connectivity index (χ2v) is 9.02. The summed E-state index contributed by atoms with van der Waals surface area (Å²) in [5.74, 6) is -0.394. The molecule has 0 spiro atoms. The summed E-state index contributed by atoms with van der Waals surface area (Å²) in [6, 6.07) is 7.20. The smallest absolute Gasteiger partial charge is 0.311 e. The predicted molar refractivity (Wildman–Crippen MR) is 105 cm³/mol. The minimum Gasteiger partial charge on any atom is -0.462 e. The molecule has 0 amide bonds. The summed E-state index contributed by atoms with van der Waals surface area (Å²) < 4.78 is 11.7. The van der Waals surface area contributed by atoms with Gasteiger partial charge in [0.15, 0.2) is 0 Å². The van der Waals surface area contributed by atoms with Gasteiger partial charge < -0.3 is 14.7 Å². The number of hydroxylamine groups is 2. The van der Waals surface area contributed by atoms with Crippen LogP contribution in [0.2, 0.25) is 0 Å². The van der Waals surface area contributed by atoms with E-state index in [1.165, 1.54) is 5.06 Å². The number of esters is 2. The summed E-state index contributed by atoms with van der Waals surface area (Å²) in [6.07, 6.45) is 0.719. The molecule has 0 saturated carbocycles. The third kappa shape index (κ3) is 5.40. The van der Waals surface area contributed by atoms with E-state index in [4.69, 9.17) is 9.47 Å². The highest BCUT2D eigenvalue weighted by Crippen LogP contribution is 2.38. The molecule has 0 radical (unpaired) electrons. The van der Waals surface area contributed by atoms with Crippen LogP contribution in [0.5, 0.6) is 5.75 Å². The molecule has 0 atom stereocenters. The minimum atomic E-state index is -0.490. The molecule has 0 bridgehead atoms. The van der Waals surface area contributed by atoms with Crippen LogP contribution < -0.4 is 4.74 Å². The van der Waals surface area contributed by atoms with E-state index < -0.39 is 23.0 Å². The van der Waals surface area contributed by atoms with Crippen molar-refractivity contribution in [1.29, 1.82) is 0 Å². The number of hydrogen-bond acceptors (Lipinski definition) is 6. The maximum absolute atomic E-state index is 12.1. The lowest BCUT2D eigenvalue weighted by Crippen LogP contribution is -2.60. The molecule has 26 heavy (non-hydrogen) atoms. The fourth-order valence-electron chi connectivity index (χ4n) is 3.41. The first-order valence-electron chi connectivity index (χ1n) is 8.65. The Morgan fingerprint density at radius 1 is 1.12 bits per heavy atom. The van der Waals surface area contributed by atoms with Crippen molar-refractivity contribution < 1.29 is 24.3 Å². The topological polar surface area (TPSA) is 76.1 Å². The van der Waals surface area contributed by atoms with Crippen LogP contribution in [0.25, 0.3) is 0 Å². The second-order valence-electron chi connectivity index (χ2n) is 7.86. The van der Waals surface area contributed by atoms with E-state index >= 15 is 0 Å². The largest absolute Gasteiger partial charge is 0.462 e. The fourth-order valence-corrected chi connectivity index (χ4v) is 3.91. The van der Waals surface area contributed by atoms with Crippen LogP contribution in [0.1, 0.15) is 53.4 Å². The van der Waals surface area contributed by atoms with Gasteiger partial charge in [0.1, 0.15) is 11.9 Å². The zero-order chi connectivity index (χ0) is 19.5. The normalized spacial score (nSPS) is 19.8. The summed E-state index contributed by atoms with van der Waals surface area (Å²) in [5.41, 5.74) is -0.981. The van der Waals surface area contributed by atoms with Crippen LogP contribution in [-0.4, -0.2) is 39.4 Å². The Bertz CT molecular complexity index is 656. The monoisotopic (exact) mass is 475 g/mol. The molecule has 1 aromatic carbocycles. The molecule has 0 unspecified atom stereocenters. The van der Waals surface area contributed by atoms with Gasteiger partial charge >= 0.3 is 11.9 Å². The number of halogens is 1. The van der Waals surface area contributed by atoms with E-state index in [1.54, 1.807) is 12.1 Å². The van der Waals surface area contributed by atoms with Crippen molar-refractivity contribution in [2.24, 2.45) is 0 Å². The van der Waals surface area contributed by atoms with Gasteiger partial charge in [-0.05, 0) is 62.4 Å². The Balaban J connectivity index is 1.83. The second kappa shape index (κ2) is 8.22. The predicted octanol–water partition coefficient (Wildman–Crippen LogP) is 3.93. The number of piperidine rings is 1. The molecule has 1 heterocycles. The zero-order valence-corrected chi connectivity index (χ0v) is 17.8. The van der Waals surface area contributed by atoms with Crippen LogP contribution in [0, 0.1) is 3.57 Å². The number of carbonyl (C=O) groups is 2. The Morgan fingerprint density at radius 2 is 1.65 bits per heavy atom. The maximum Gasteiger partial charge on any atom is 0.311 e. The molecule has 2 rings (SSSR count). The molecule has 1 aromatic rings. The third-order valence-corrected chi connectivity index (χ3v) is 5.38. The quantitative estimate of drug-likeness (QED) is 0.395. The number of rotatable bonds is 5. The molecule has 0 aliphatic carbocycles. The minimum absolute atomic E-state index is 0.0254. The summed E-state index contributed by atoms with van der Waals surface area (Å²) in [4.78, 5) is 24.1. The van der Waals surface area contributed by atoms with E-state index in [9.17, 15) is 14.8 Å². The molecule has 0 aromatic heterocycles. The van der Waals surface area contributed by atoms with Gasteiger partial charge in [-0.15, -0.1) is 0 Å².